The fourth-order valence-corrected chi connectivity index (χ4v) is 2.37. The van der Waals surface area contributed by atoms with Gasteiger partial charge in [-0.1, -0.05) is 13.8 Å². The molecule has 1 aromatic carbocycles. The molecule has 5 heteroatoms. The van der Waals surface area contributed by atoms with Gasteiger partial charge in [-0.05, 0) is 30.5 Å². The summed E-state index contributed by atoms with van der Waals surface area (Å²) in [6.07, 6.45) is 0.971. The number of nitrogens with zero attached hydrogens (tertiary/aromatic N) is 1. The van der Waals surface area contributed by atoms with Crippen molar-refractivity contribution in [1.29, 1.82) is 0 Å². The van der Waals surface area contributed by atoms with Crippen LogP contribution in [0.2, 0.25) is 0 Å². The van der Waals surface area contributed by atoms with Crippen LogP contribution in [0.1, 0.15) is 20.3 Å². The van der Waals surface area contributed by atoms with Crippen molar-refractivity contribution < 1.29 is 4.42 Å². The summed E-state index contributed by atoms with van der Waals surface area (Å²) in [5.41, 5.74) is 8.13. The average Bonchev–Trinajstić information content (AvgIpc) is 2.66. The molecule has 0 spiro atoms. The van der Waals surface area contributed by atoms with Crippen molar-refractivity contribution in [2.24, 2.45) is 11.1 Å². The number of fused-ring (bicyclic) bond motifs is 1. The molecule has 0 atom stereocenters. The Morgan fingerprint density at radius 2 is 2.16 bits per heavy atom. The highest BCUT2D eigenvalue weighted by Gasteiger charge is 2.19. The minimum absolute atomic E-state index is 0.150. The van der Waals surface area contributed by atoms with Crippen molar-refractivity contribution in [2.75, 3.05) is 25.0 Å². The van der Waals surface area contributed by atoms with Gasteiger partial charge in [0.15, 0.2) is 5.58 Å². The Balaban J connectivity index is 2.21. The first kappa shape index (κ1) is 13.7. The van der Waals surface area contributed by atoms with Gasteiger partial charge in [-0.3, -0.25) is 4.98 Å². The van der Waals surface area contributed by atoms with E-state index in [1.54, 1.807) is 0 Å². The molecule has 0 fully saturated rings. The SMILES string of the molecule is CN(CC(C)(C)CCN)c1ccc2[nH]c(=O)oc2c1. The summed E-state index contributed by atoms with van der Waals surface area (Å²) in [6.45, 7) is 5.98. The Kier molecular flexibility index (Phi) is 3.66. The van der Waals surface area contributed by atoms with Crippen LogP contribution in [0.5, 0.6) is 0 Å². The molecule has 5 nitrogen and oxygen atoms in total. The number of aromatic amines is 1. The average molecular weight is 263 g/mol. The molecule has 3 N–H and O–H groups in total. The van der Waals surface area contributed by atoms with Crippen LogP contribution in [0.4, 0.5) is 5.69 Å². The Labute approximate surface area is 112 Å². The van der Waals surface area contributed by atoms with Crippen LogP contribution in [-0.2, 0) is 0 Å². The van der Waals surface area contributed by atoms with E-state index in [4.69, 9.17) is 10.2 Å². The Morgan fingerprint density at radius 1 is 1.42 bits per heavy atom. The molecule has 0 bridgehead atoms. The van der Waals surface area contributed by atoms with Crippen molar-refractivity contribution in [3.05, 3.63) is 28.7 Å². The number of benzene rings is 1. The number of anilines is 1. The monoisotopic (exact) mass is 263 g/mol. The molecular weight excluding hydrogens is 242 g/mol. The normalized spacial score (nSPS) is 12.0. The molecule has 2 rings (SSSR count). The molecule has 0 unspecified atom stereocenters. The van der Waals surface area contributed by atoms with E-state index >= 15 is 0 Å². The van der Waals surface area contributed by atoms with Crippen LogP contribution in [0.15, 0.2) is 27.4 Å². The summed E-state index contributed by atoms with van der Waals surface area (Å²) >= 11 is 0. The lowest BCUT2D eigenvalue weighted by molar-refractivity contribution is 0.347. The second-order valence-electron chi connectivity index (χ2n) is 5.75. The van der Waals surface area contributed by atoms with Crippen LogP contribution in [0.25, 0.3) is 11.1 Å². The van der Waals surface area contributed by atoms with Gasteiger partial charge in [-0.15, -0.1) is 0 Å². The summed E-state index contributed by atoms with van der Waals surface area (Å²) in [7, 11) is 2.03. The Hall–Kier alpha value is -1.75. The number of oxazole rings is 1. The zero-order chi connectivity index (χ0) is 14.0. The molecule has 0 amide bonds. The Morgan fingerprint density at radius 3 is 2.84 bits per heavy atom. The third-order valence-electron chi connectivity index (χ3n) is 3.33. The van der Waals surface area contributed by atoms with Crippen LogP contribution >= 0.6 is 0 Å². The summed E-state index contributed by atoms with van der Waals surface area (Å²) in [5.74, 6) is -0.418. The lowest BCUT2D eigenvalue weighted by atomic mass is 9.89. The van der Waals surface area contributed by atoms with E-state index in [9.17, 15) is 4.79 Å². The van der Waals surface area contributed by atoms with Gasteiger partial charge in [0.25, 0.3) is 0 Å². The predicted molar refractivity (Wildman–Crippen MR) is 77.6 cm³/mol. The van der Waals surface area contributed by atoms with Crippen molar-refractivity contribution in [3.63, 3.8) is 0 Å². The van der Waals surface area contributed by atoms with Gasteiger partial charge in [0.2, 0.25) is 0 Å². The summed E-state index contributed by atoms with van der Waals surface area (Å²) < 4.78 is 5.08. The molecule has 0 saturated heterocycles. The maximum atomic E-state index is 11.1. The second-order valence-corrected chi connectivity index (χ2v) is 5.75. The molecule has 1 heterocycles. The second kappa shape index (κ2) is 5.09. The highest BCUT2D eigenvalue weighted by atomic mass is 16.4. The third kappa shape index (κ3) is 3.17. The molecule has 0 aliphatic rings. The number of aromatic nitrogens is 1. The maximum absolute atomic E-state index is 11.1. The summed E-state index contributed by atoms with van der Waals surface area (Å²) in [5, 5.41) is 0. The molecule has 0 radical (unpaired) electrons. The van der Waals surface area contributed by atoms with Gasteiger partial charge in [-0.2, -0.15) is 0 Å². The van der Waals surface area contributed by atoms with Gasteiger partial charge < -0.3 is 15.1 Å². The lowest BCUT2D eigenvalue weighted by Gasteiger charge is -2.31. The quantitative estimate of drug-likeness (QED) is 0.864. The molecule has 0 aliphatic heterocycles. The minimum atomic E-state index is -0.418. The van der Waals surface area contributed by atoms with E-state index in [-0.39, 0.29) is 5.41 Å². The standard InChI is InChI=1S/C14H21N3O2/c1-14(2,6-7-15)9-17(3)10-4-5-11-12(8-10)19-13(18)16-11/h4-5,8H,6-7,9,15H2,1-3H3,(H,16,18). The first-order chi connectivity index (χ1) is 8.91. The van der Waals surface area contributed by atoms with E-state index in [1.807, 2.05) is 25.2 Å². The molecule has 0 saturated carbocycles. The fraction of sp³-hybridized carbons (Fsp3) is 0.500. The van der Waals surface area contributed by atoms with Crippen molar-refractivity contribution in [1.82, 2.24) is 4.98 Å². The van der Waals surface area contributed by atoms with Gasteiger partial charge in [0.1, 0.15) is 0 Å². The number of rotatable bonds is 5. The molecule has 0 aliphatic carbocycles. The zero-order valence-electron chi connectivity index (χ0n) is 11.7. The molecular formula is C14H21N3O2. The maximum Gasteiger partial charge on any atom is 0.417 e. The van der Waals surface area contributed by atoms with E-state index in [2.05, 4.69) is 23.7 Å². The first-order valence-corrected chi connectivity index (χ1v) is 6.45. The van der Waals surface area contributed by atoms with E-state index in [0.717, 1.165) is 24.2 Å². The first-order valence-electron chi connectivity index (χ1n) is 6.45. The molecule has 1 aromatic heterocycles. The third-order valence-corrected chi connectivity index (χ3v) is 3.33. The van der Waals surface area contributed by atoms with Crippen LogP contribution < -0.4 is 16.4 Å². The number of H-pyrrole nitrogens is 1. The largest absolute Gasteiger partial charge is 0.417 e. The minimum Gasteiger partial charge on any atom is -0.408 e. The van der Waals surface area contributed by atoms with Crippen molar-refractivity contribution >= 4 is 16.8 Å². The van der Waals surface area contributed by atoms with Crippen LogP contribution in [0.3, 0.4) is 0 Å². The highest BCUT2D eigenvalue weighted by molar-refractivity contribution is 5.77. The van der Waals surface area contributed by atoms with Crippen LogP contribution in [0, 0.1) is 5.41 Å². The number of hydrogen-bond donors (Lipinski definition) is 2. The smallest absolute Gasteiger partial charge is 0.408 e. The number of nitrogens with one attached hydrogen (secondary N) is 1. The van der Waals surface area contributed by atoms with Crippen molar-refractivity contribution in [2.45, 2.75) is 20.3 Å². The fourth-order valence-electron chi connectivity index (χ4n) is 2.37. The van der Waals surface area contributed by atoms with Gasteiger partial charge >= 0.3 is 5.76 Å². The van der Waals surface area contributed by atoms with Gasteiger partial charge in [0.05, 0.1) is 5.52 Å². The molecule has 2 aromatic rings. The highest BCUT2D eigenvalue weighted by Crippen LogP contribution is 2.25. The zero-order valence-corrected chi connectivity index (χ0v) is 11.7. The Bertz CT molecular complexity index is 612. The predicted octanol–water partition coefficient (Wildman–Crippen LogP) is 1.93. The topological polar surface area (TPSA) is 75.3 Å². The number of hydrogen-bond acceptors (Lipinski definition) is 4. The lowest BCUT2D eigenvalue weighted by Crippen LogP contribution is -2.32. The molecule has 19 heavy (non-hydrogen) atoms. The summed E-state index contributed by atoms with van der Waals surface area (Å²) in [4.78, 5) is 15.9. The van der Waals surface area contributed by atoms with Crippen molar-refractivity contribution in [3.8, 4) is 0 Å². The van der Waals surface area contributed by atoms with Gasteiger partial charge in [-0.25, -0.2) is 4.79 Å². The molecule has 104 valence electrons. The number of nitrogens with two attached hydrogens (primary N) is 1. The van der Waals surface area contributed by atoms with Gasteiger partial charge in [0, 0.05) is 25.3 Å². The van der Waals surface area contributed by atoms with E-state index < -0.39 is 5.76 Å². The van der Waals surface area contributed by atoms with Crippen LogP contribution in [-0.4, -0.2) is 25.1 Å². The summed E-state index contributed by atoms with van der Waals surface area (Å²) in [6, 6.07) is 5.72. The van der Waals surface area contributed by atoms with E-state index in [1.165, 1.54) is 0 Å². The van der Waals surface area contributed by atoms with E-state index in [0.29, 0.717) is 12.1 Å².